The number of hydrogen-bond acceptors (Lipinski definition) is 2. The van der Waals surface area contributed by atoms with Crippen molar-refractivity contribution in [2.24, 2.45) is 5.73 Å². The van der Waals surface area contributed by atoms with Gasteiger partial charge < -0.3 is 10.5 Å². The number of nitrogens with two attached hydrogens (primary N) is 1. The average molecular weight is 273 g/mol. The van der Waals surface area contributed by atoms with Crippen LogP contribution in [0.2, 0.25) is 0 Å². The first kappa shape index (κ1) is 14.5. The topological polar surface area (TPSA) is 35.2 Å². The van der Waals surface area contributed by atoms with Crippen LogP contribution in [0.15, 0.2) is 36.4 Å². The van der Waals surface area contributed by atoms with Crippen molar-refractivity contribution in [1.82, 2.24) is 0 Å². The minimum atomic E-state index is -0.267. The lowest BCUT2D eigenvalue weighted by Crippen LogP contribution is -2.18. The molecule has 3 heteroatoms. The van der Waals surface area contributed by atoms with Gasteiger partial charge in [-0.3, -0.25) is 0 Å². The van der Waals surface area contributed by atoms with Crippen molar-refractivity contribution in [3.8, 4) is 5.75 Å². The third-order valence-corrected chi connectivity index (χ3v) is 3.52. The third kappa shape index (κ3) is 3.17. The Balaban J connectivity index is 2.23. The lowest BCUT2D eigenvalue weighted by Gasteiger charge is -2.19. The Bertz CT molecular complexity index is 610. The summed E-state index contributed by atoms with van der Waals surface area (Å²) in [5.41, 5.74) is 9.68. The van der Waals surface area contributed by atoms with Gasteiger partial charge in [0, 0.05) is 6.54 Å². The van der Waals surface area contributed by atoms with Gasteiger partial charge in [-0.2, -0.15) is 0 Å². The summed E-state index contributed by atoms with van der Waals surface area (Å²) < 4.78 is 19.3. The van der Waals surface area contributed by atoms with E-state index in [-0.39, 0.29) is 11.9 Å². The van der Waals surface area contributed by atoms with Crippen molar-refractivity contribution in [2.75, 3.05) is 6.54 Å². The van der Waals surface area contributed by atoms with E-state index >= 15 is 0 Å². The SMILES string of the molecule is Cc1ccc(OC(CN)c2ccc(F)c(C)c2)cc1C. The van der Waals surface area contributed by atoms with Crippen LogP contribution in [-0.4, -0.2) is 6.54 Å². The smallest absolute Gasteiger partial charge is 0.136 e. The molecule has 20 heavy (non-hydrogen) atoms. The lowest BCUT2D eigenvalue weighted by molar-refractivity contribution is 0.214. The quantitative estimate of drug-likeness (QED) is 0.918. The fourth-order valence-corrected chi connectivity index (χ4v) is 2.07. The van der Waals surface area contributed by atoms with E-state index in [1.54, 1.807) is 19.1 Å². The molecule has 2 nitrogen and oxygen atoms in total. The summed E-state index contributed by atoms with van der Waals surface area (Å²) in [6, 6.07) is 10.9. The van der Waals surface area contributed by atoms with Crippen molar-refractivity contribution in [3.05, 3.63) is 64.5 Å². The minimum absolute atomic E-state index is 0.212. The molecule has 0 saturated heterocycles. The van der Waals surface area contributed by atoms with Gasteiger partial charge in [0.2, 0.25) is 0 Å². The van der Waals surface area contributed by atoms with Crippen LogP contribution in [0, 0.1) is 26.6 Å². The maximum atomic E-state index is 13.3. The average Bonchev–Trinajstić information content (AvgIpc) is 2.43. The number of rotatable bonds is 4. The highest BCUT2D eigenvalue weighted by atomic mass is 19.1. The Labute approximate surface area is 119 Å². The molecule has 2 aromatic rings. The van der Waals surface area contributed by atoms with E-state index in [1.807, 2.05) is 25.1 Å². The first-order valence-electron chi connectivity index (χ1n) is 6.71. The molecule has 0 bridgehead atoms. The van der Waals surface area contributed by atoms with E-state index in [1.165, 1.54) is 17.2 Å². The number of aryl methyl sites for hydroxylation is 3. The van der Waals surface area contributed by atoms with E-state index in [4.69, 9.17) is 10.5 Å². The Morgan fingerprint density at radius 2 is 1.75 bits per heavy atom. The highest BCUT2D eigenvalue weighted by Gasteiger charge is 2.13. The summed E-state index contributed by atoms with van der Waals surface area (Å²) >= 11 is 0. The van der Waals surface area contributed by atoms with Gasteiger partial charge in [0.15, 0.2) is 0 Å². The summed E-state index contributed by atoms with van der Waals surface area (Å²) in [5, 5.41) is 0. The molecule has 0 spiro atoms. The largest absolute Gasteiger partial charge is 0.484 e. The molecule has 1 unspecified atom stereocenters. The standard InChI is InChI=1S/C17H20FNO/c1-11-4-6-15(9-12(11)2)20-17(10-19)14-5-7-16(18)13(3)8-14/h4-9,17H,10,19H2,1-3H3. The predicted molar refractivity (Wildman–Crippen MR) is 79.5 cm³/mol. The van der Waals surface area contributed by atoms with Crippen LogP contribution in [0.3, 0.4) is 0 Å². The van der Waals surface area contributed by atoms with Crippen LogP contribution >= 0.6 is 0 Å². The van der Waals surface area contributed by atoms with Gasteiger partial charge >= 0.3 is 0 Å². The van der Waals surface area contributed by atoms with Crippen molar-refractivity contribution in [3.63, 3.8) is 0 Å². The zero-order valence-electron chi connectivity index (χ0n) is 12.1. The van der Waals surface area contributed by atoms with E-state index in [0.717, 1.165) is 11.3 Å². The molecule has 0 aliphatic carbocycles. The van der Waals surface area contributed by atoms with Crippen LogP contribution in [0.1, 0.15) is 28.4 Å². The van der Waals surface area contributed by atoms with Gasteiger partial charge in [-0.15, -0.1) is 0 Å². The first-order chi connectivity index (χ1) is 9.51. The summed E-state index contributed by atoms with van der Waals surface area (Å²) in [4.78, 5) is 0. The second-order valence-corrected chi connectivity index (χ2v) is 5.10. The molecule has 0 saturated carbocycles. The van der Waals surface area contributed by atoms with Gasteiger partial charge in [-0.25, -0.2) is 4.39 Å². The van der Waals surface area contributed by atoms with Gasteiger partial charge in [0.1, 0.15) is 17.7 Å². The van der Waals surface area contributed by atoms with Crippen molar-refractivity contribution in [2.45, 2.75) is 26.9 Å². The highest BCUT2D eigenvalue weighted by Crippen LogP contribution is 2.24. The van der Waals surface area contributed by atoms with Crippen molar-refractivity contribution in [1.29, 1.82) is 0 Å². The molecule has 0 radical (unpaired) electrons. The Morgan fingerprint density at radius 3 is 2.35 bits per heavy atom. The molecule has 0 aliphatic rings. The summed E-state index contributed by atoms with van der Waals surface area (Å²) in [6.45, 7) is 6.19. The van der Waals surface area contributed by atoms with Gasteiger partial charge in [0.25, 0.3) is 0 Å². The van der Waals surface area contributed by atoms with Crippen LogP contribution in [-0.2, 0) is 0 Å². The molecule has 0 heterocycles. The van der Waals surface area contributed by atoms with Crippen molar-refractivity contribution >= 4 is 0 Å². The molecule has 2 rings (SSSR count). The van der Waals surface area contributed by atoms with Crippen LogP contribution < -0.4 is 10.5 Å². The number of halogens is 1. The zero-order chi connectivity index (χ0) is 14.7. The summed E-state index contributed by atoms with van der Waals surface area (Å²) in [5.74, 6) is 0.571. The fourth-order valence-electron chi connectivity index (χ4n) is 2.07. The molecule has 2 aromatic carbocycles. The maximum absolute atomic E-state index is 13.3. The molecule has 0 aromatic heterocycles. The summed E-state index contributed by atoms with van der Waals surface area (Å²) in [7, 11) is 0. The van der Waals surface area contributed by atoms with Crippen LogP contribution in [0.25, 0.3) is 0 Å². The molecule has 0 fully saturated rings. The van der Waals surface area contributed by atoms with Crippen LogP contribution in [0.5, 0.6) is 5.75 Å². The predicted octanol–water partition coefficient (Wildman–Crippen LogP) is 3.83. The minimum Gasteiger partial charge on any atom is -0.484 e. The van der Waals surface area contributed by atoms with E-state index in [2.05, 4.69) is 6.92 Å². The zero-order valence-corrected chi connectivity index (χ0v) is 12.1. The van der Waals surface area contributed by atoms with Gasteiger partial charge in [-0.1, -0.05) is 12.1 Å². The molecule has 1 atom stereocenters. The number of ether oxygens (including phenoxy) is 1. The summed E-state index contributed by atoms with van der Waals surface area (Å²) in [6.07, 6.45) is -0.267. The van der Waals surface area contributed by atoms with Gasteiger partial charge in [-0.05, 0) is 67.3 Å². The lowest BCUT2D eigenvalue weighted by atomic mass is 10.1. The van der Waals surface area contributed by atoms with E-state index in [0.29, 0.717) is 12.1 Å². The molecule has 106 valence electrons. The second-order valence-electron chi connectivity index (χ2n) is 5.10. The first-order valence-corrected chi connectivity index (χ1v) is 6.71. The monoisotopic (exact) mass is 273 g/mol. The molecule has 0 aliphatic heterocycles. The molecular weight excluding hydrogens is 253 g/mol. The molecule has 0 amide bonds. The highest BCUT2D eigenvalue weighted by molar-refractivity contribution is 5.35. The Kier molecular flexibility index (Phi) is 4.40. The normalized spacial score (nSPS) is 12.2. The number of benzene rings is 2. The number of hydrogen-bond donors (Lipinski definition) is 1. The Hall–Kier alpha value is -1.87. The second kappa shape index (κ2) is 6.06. The van der Waals surface area contributed by atoms with Crippen molar-refractivity contribution < 1.29 is 9.13 Å². The fraction of sp³-hybridized carbons (Fsp3) is 0.294. The van der Waals surface area contributed by atoms with E-state index in [9.17, 15) is 4.39 Å². The molecular formula is C17H20FNO. The van der Waals surface area contributed by atoms with Crippen LogP contribution in [0.4, 0.5) is 4.39 Å². The maximum Gasteiger partial charge on any atom is 0.136 e. The third-order valence-electron chi connectivity index (χ3n) is 3.52. The van der Waals surface area contributed by atoms with E-state index < -0.39 is 0 Å². The Morgan fingerprint density at radius 1 is 1.00 bits per heavy atom. The molecule has 2 N–H and O–H groups in total. The van der Waals surface area contributed by atoms with Gasteiger partial charge in [0.05, 0.1) is 0 Å².